The van der Waals surface area contributed by atoms with Crippen LogP contribution in [-0.2, 0) is 25.8 Å². The number of hydroxylamine groups is 2. The molecule has 1 heterocycles. The first-order valence-electron chi connectivity index (χ1n) is 7.70. The molecule has 5 heteroatoms. The Bertz CT molecular complexity index is 605. The van der Waals surface area contributed by atoms with E-state index in [1.165, 1.54) is 0 Å². The molecule has 1 saturated heterocycles. The van der Waals surface area contributed by atoms with Crippen molar-refractivity contribution in [3.8, 4) is 0 Å². The number of carbonyl (C=O) groups excluding carboxylic acids is 2. The Morgan fingerprint density at radius 3 is 2.78 bits per heavy atom. The van der Waals surface area contributed by atoms with Gasteiger partial charge in [-0.1, -0.05) is 36.9 Å². The number of rotatable bonds is 6. The second-order valence-electron chi connectivity index (χ2n) is 5.35. The van der Waals surface area contributed by atoms with E-state index in [1.807, 2.05) is 36.3 Å². The Hall–Kier alpha value is -2.36. The molecule has 122 valence electrons. The number of carbonyl (C=O) groups is 1. The van der Waals surface area contributed by atoms with Gasteiger partial charge in [0.2, 0.25) is 0 Å². The van der Waals surface area contributed by atoms with Gasteiger partial charge in [0.1, 0.15) is 11.6 Å². The Morgan fingerprint density at radius 2 is 2.13 bits per heavy atom. The topological polar surface area (TPSA) is 55.8 Å². The van der Waals surface area contributed by atoms with E-state index < -0.39 is 5.97 Å². The molecule has 1 aliphatic rings. The fraction of sp³-hybridized carbons (Fsp3) is 0.389. The summed E-state index contributed by atoms with van der Waals surface area (Å²) in [6, 6.07) is 9.72. The van der Waals surface area contributed by atoms with Gasteiger partial charge in [0.15, 0.2) is 0 Å². The molecule has 0 bridgehead atoms. The third-order valence-corrected chi connectivity index (χ3v) is 3.80. The molecule has 1 aromatic carbocycles. The van der Waals surface area contributed by atoms with Gasteiger partial charge in [0.25, 0.3) is 0 Å². The minimum absolute atomic E-state index is 0.109. The minimum atomic E-state index is -0.401. The Kier molecular flexibility index (Phi) is 6.15. The third-order valence-electron chi connectivity index (χ3n) is 3.80. The Balaban J connectivity index is 1.93. The molecular formula is C18H21NO4. The summed E-state index contributed by atoms with van der Waals surface area (Å²) in [5.41, 5.74) is 1.83. The molecule has 2 rings (SSSR count). The monoisotopic (exact) mass is 315 g/mol. The van der Waals surface area contributed by atoms with Gasteiger partial charge < -0.3 is 4.74 Å². The number of hydrogen-bond acceptors (Lipinski definition) is 5. The lowest BCUT2D eigenvalue weighted by Crippen LogP contribution is -2.34. The quantitative estimate of drug-likeness (QED) is 0.459. The lowest BCUT2D eigenvalue weighted by molar-refractivity contribution is -0.155. The molecule has 0 amide bonds. The molecule has 1 aromatic rings. The molecule has 1 atom stereocenters. The molecule has 0 saturated carbocycles. The summed E-state index contributed by atoms with van der Waals surface area (Å²) in [7, 11) is 0. The van der Waals surface area contributed by atoms with Crippen LogP contribution in [0.5, 0.6) is 0 Å². The number of hydrogen-bond donors (Lipinski definition) is 0. The van der Waals surface area contributed by atoms with Crippen LogP contribution in [-0.4, -0.2) is 30.1 Å². The maximum absolute atomic E-state index is 11.8. The molecule has 1 aliphatic heterocycles. The van der Waals surface area contributed by atoms with Gasteiger partial charge in [-0.25, -0.2) is 14.7 Å². The second kappa shape index (κ2) is 8.32. The van der Waals surface area contributed by atoms with E-state index in [4.69, 9.17) is 9.57 Å². The highest BCUT2D eigenvalue weighted by atomic mass is 16.7. The molecule has 0 aromatic heterocycles. The predicted molar refractivity (Wildman–Crippen MR) is 85.6 cm³/mol. The zero-order chi connectivity index (χ0) is 16.7. The summed E-state index contributed by atoms with van der Waals surface area (Å²) in [5, 5.41) is 1.56. The van der Waals surface area contributed by atoms with Crippen LogP contribution in [0.3, 0.4) is 0 Å². The van der Waals surface area contributed by atoms with Crippen molar-refractivity contribution in [1.29, 1.82) is 0 Å². The molecule has 0 aliphatic carbocycles. The SMILES string of the molecule is C=C(C(=O)OCC)C1CCN(OCc2ccccc2)C(=C=O)C1. The first kappa shape index (κ1) is 17.0. The second-order valence-corrected chi connectivity index (χ2v) is 5.35. The van der Waals surface area contributed by atoms with E-state index in [9.17, 15) is 9.59 Å². The van der Waals surface area contributed by atoms with E-state index in [1.54, 1.807) is 12.0 Å². The highest BCUT2D eigenvalue weighted by molar-refractivity contribution is 5.88. The lowest BCUT2D eigenvalue weighted by atomic mass is 9.89. The van der Waals surface area contributed by atoms with Crippen LogP contribution in [0.4, 0.5) is 0 Å². The van der Waals surface area contributed by atoms with Gasteiger partial charge in [-0.2, -0.15) is 0 Å². The van der Waals surface area contributed by atoms with Crippen molar-refractivity contribution in [1.82, 2.24) is 5.06 Å². The van der Waals surface area contributed by atoms with E-state index >= 15 is 0 Å². The molecule has 5 nitrogen and oxygen atoms in total. The summed E-state index contributed by atoms with van der Waals surface area (Å²) in [6.45, 7) is 6.77. The molecule has 0 spiro atoms. The number of allylic oxidation sites excluding steroid dienone is 1. The molecule has 1 fully saturated rings. The summed E-state index contributed by atoms with van der Waals surface area (Å²) in [5.74, 6) is 1.41. The standard InChI is InChI=1S/C18H21NO4/c1-3-22-18(21)14(2)16-9-10-19(17(11-16)12-20)23-13-15-7-5-4-6-8-15/h4-8,16H,2-3,9-11,13H2,1H3. The van der Waals surface area contributed by atoms with Crippen LogP contribution in [0.1, 0.15) is 25.3 Å². The van der Waals surface area contributed by atoms with E-state index in [0.717, 1.165) is 5.56 Å². The Labute approximate surface area is 136 Å². The van der Waals surface area contributed by atoms with Gasteiger partial charge in [0.05, 0.1) is 13.2 Å². The summed E-state index contributed by atoms with van der Waals surface area (Å²) in [6.07, 6.45) is 1.06. The van der Waals surface area contributed by atoms with E-state index in [0.29, 0.717) is 43.9 Å². The van der Waals surface area contributed by atoms with Crippen LogP contribution in [0, 0.1) is 5.92 Å². The molecule has 1 unspecified atom stereocenters. The highest BCUT2D eigenvalue weighted by Gasteiger charge is 2.29. The van der Waals surface area contributed by atoms with Crippen molar-refractivity contribution < 1.29 is 19.2 Å². The minimum Gasteiger partial charge on any atom is -0.463 e. The zero-order valence-corrected chi connectivity index (χ0v) is 13.3. The van der Waals surface area contributed by atoms with E-state index in [2.05, 4.69) is 6.58 Å². The Morgan fingerprint density at radius 1 is 1.39 bits per heavy atom. The average molecular weight is 315 g/mol. The third kappa shape index (κ3) is 4.55. The van der Waals surface area contributed by atoms with Gasteiger partial charge in [-0.15, -0.1) is 0 Å². The predicted octanol–water partition coefficient (Wildman–Crippen LogP) is 2.67. The van der Waals surface area contributed by atoms with Crippen LogP contribution in [0.25, 0.3) is 0 Å². The van der Waals surface area contributed by atoms with Crippen molar-refractivity contribution in [2.75, 3.05) is 13.2 Å². The fourth-order valence-electron chi connectivity index (χ4n) is 2.49. The normalized spacial score (nSPS) is 17.5. The maximum Gasteiger partial charge on any atom is 0.333 e. The summed E-state index contributed by atoms with van der Waals surface area (Å²) >= 11 is 0. The molecule has 0 N–H and O–H groups in total. The fourth-order valence-corrected chi connectivity index (χ4v) is 2.49. The van der Waals surface area contributed by atoms with Crippen molar-refractivity contribution in [3.05, 3.63) is 53.7 Å². The number of benzene rings is 1. The van der Waals surface area contributed by atoms with Gasteiger partial charge in [0, 0.05) is 18.5 Å². The van der Waals surface area contributed by atoms with Crippen LogP contribution >= 0.6 is 0 Å². The van der Waals surface area contributed by atoms with Crippen LogP contribution in [0.15, 0.2) is 48.2 Å². The summed E-state index contributed by atoms with van der Waals surface area (Å²) in [4.78, 5) is 28.7. The highest BCUT2D eigenvalue weighted by Crippen LogP contribution is 2.30. The number of piperidine rings is 1. The average Bonchev–Trinajstić information content (AvgIpc) is 2.60. The van der Waals surface area contributed by atoms with Crippen LogP contribution < -0.4 is 0 Å². The number of ether oxygens (including phenoxy) is 1. The molecular weight excluding hydrogens is 294 g/mol. The first-order chi connectivity index (χ1) is 11.2. The maximum atomic E-state index is 11.8. The van der Waals surface area contributed by atoms with Gasteiger partial charge in [-0.3, -0.25) is 4.84 Å². The first-order valence-corrected chi connectivity index (χ1v) is 7.70. The zero-order valence-electron chi connectivity index (χ0n) is 13.3. The van der Waals surface area contributed by atoms with E-state index in [-0.39, 0.29) is 5.92 Å². The molecule has 23 heavy (non-hydrogen) atoms. The number of nitrogens with zero attached hydrogens (tertiary/aromatic N) is 1. The number of esters is 1. The largest absolute Gasteiger partial charge is 0.463 e. The van der Waals surface area contributed by atoms with Crippen molar-refractivity contribution in [2.45, 2.75) is 26.4 Å². The lowest BCUT2D eigenvalue weighted by Gasteiger charge is -2.33. The van der Waals surface area contributed by atoms with Crippen LogP contribution in [0.2, 0.25) is 0 Å². The van der Waals surface area contributed by atoms with Crippen molar-refractivity contribution in [3.63, 3.8) is 0 Å². The van der Waals surface area contributed by atoms with Gasteiger partial charge in [-0.05, 0) is 24.8 Å². The van der Waals surface area contributed by atoms with Crippen molar-refractivity contribution in [2.24, 2.45) is 5.92 Å². The van der Waals surface area contributed by atoms with Crippen molar-refractivity contribution >= 4 is 11.9 Å². The summed E-state index contributed by atoms with van der Waals surface area (Å²) < 4.78 is 4.97. The smallest absolute Gasteiger partial charge is 0.333 e. The van der Waals surface area contributed by atoms with Gasteiger partial charge >= 0.3 is 5.97 Å². The molecule has 0 radical (unpaired) electrons.